The Morgan fingerprint density at radius 3 is 2.47 bits per heavy atom. The lowest BCUT2D eigenvalue weighted by Crippen LogP contribution is -2.01. The van der Waals surface area contributed by atoms with Gasteiger partial charge in [0, 0.05) is 0 Å². The molecule has 0 saturated heterocycles. The van der Waals surface area contributed by atoms with E-state index < -0.39 is 0 Å². The topological polar surface area (TPSA) is 35.2 Å². The van der Waals surface area contributed by atoms with Gasteiger partial charge in [-0.1, -0.05) is 42.5 Å². The van der Waals surface area contributed by atoms with Gasteiger partial charge in [-0.3, -0.25) is 0 Å². The summed E-state index contributed by atoms with van der Waals surface area (Å²) in [5.41, 5.74) is 9.24. The van der Waals surface area contributed by atoms with Crippen molar-refractivity contribution in [3.63, 3.8) is 0 Å². The summed E-state index contributed by atoms with van der Waals surface area (Å²) in [6.45, 7) is 3.45. The molecule has 0 heterocycles. The van der Waals surface area contributed by atoms with Gasteiger partial charge in [0.05, 0.1) is 0 Å². The molecule has 0 aliphatic rings. The minimum absolute atomic E-state index is 0.615. The van der Waals surface area contributed by atoms with Crippen molar-refractivity contribution >= 4 is 0 Å². The fourth-order valence-corrected chi connectivity index (χ4v) is 2.07. The Kier molecular flexibility index (Phi) is 4.99. The molecule has 2 aromatic carbocycles. The van der Waals surface area contributed by atoms with E-state index in [0.717, 1.165) is 25.1 Å². The lowest BCUT2D eigenvalue weighted by molar-refractivity contribution is 0.304. The zero-order chi connectivity index (χ0) is 13.5. The van der Waals surface area contributed by atoms with Crippen LogP contribution in [0.5, 0.6) is 5.75 Å². The van der Waals surface area contributed by atoms with Crippen LogP contribution < -0.4 is 10.5 Å². The van der Waals surface area contributed by atoms with Gasteiger partial charge in [-0.05, 0) is 49.1 Å². The predicted molar refractivity (Wildman–Crippen MR) is 79.3 cm³/mol. The Hall–Kier alpha value is -1.80. The van der Waals surface area contributed by atoms with E-state index in [9.17, 15) is 0 Å². The average Bonchev–Trinajstić information content (AvgIpc) is 2.45. The predicted octanol–water partition coefficient (Wildman–Crippen LogP) is 3.47. The number of benzene rings is 2. The summed E-state index contributed by atoms with van der Waals surface area (Å²) < 4.78 is 5.86. The highest BCUT2D eigenvalue weighted by Crippen LogP contribution is 2.21. The van der Waals surface area contributed by atoms with Crippen molar-refractivity contribution in [2.24, 2.45) is 5.73 Å². The fourth-order valence-electron chi connectivity index (χ4n) is 2.07. The summed E-state index contributed by atoms with van der Waals surface area (Å²) in [4.78, 5) is 0. The van der Waals surface area contributed by atoms with Crippen molar-refractivity contribution in [2.45, 2.75) is 26.4 Å². The smallest absolute Gasteiger partial charge is 0.122 e. The van der Waals surface area contributed by atoms with Crippen LogP contribution in [0.1, 0.15) is 23.1 Å². The van der Waals surface area contributed by atoms with E-state index in [1.807, 2.05) is 18.2 Å². The Morgan fingerprint density at radius 2 is 1.79 bits per heavy atom. The van der Waals surface area contributed by atoms with Crippen LogP contribution in [-0.4, -0.2) is 6.54 Å². The van der Waals surface area contributed by atoms with E-state index in [2.05, 4.69) is 37.3 Å². The number of rotatable bonds is 6. The molecule has 100 valence electrons. The Balaban J connectivity index is 1.97. The van der Waals surface area contributed by atoms with Crippen LogP contribution in [-0.2, 0) is 13.0 Å². The van der Waals surface area contributed by atoms with Crippen molar-refractivity contribution in [1.29, 1.82) is 0 Å². The third-order valence-corrected chi connectivity index (χ3v) is 3.15. The first-order chi connectivity index (χ1) is 9.29. The average molecular weight is 255 g/mol. The van der Waals surface area contributed by atoms with Crippen molar-refractivity contribution in [3.05, 3.63) is 65.2 Å². The van der Waals surface area contributed by atoms with Crippen LogP contribution in [0.2, 0.25) is 0 Å². The second-order valence-corrected chi connectivity index (χ2v) is 4.77. The first-order valence-electron chi connectivity index (χ1n) is 6.76. The standard InChI is InChI=1S/C17H21NO/c1-14-12-15(8-5-11-18)9-10-17(14)19-13-16-6-3-2-4-7-16/h2-4,6-7,9-10,12H,5,8,11,13,18H2,1H3. The van der Waals surface area contributed by atoms with Crippen molar-refractivity contribution < 1.29 is 4.74 Å². The molecule has 0 radical (unpaired) electrons. The molecule has 0 unspecified atom stereocenters. The molecule has 2 nitrogen and oxygen atoms in total. The highest BCUT2D eigenvalue weighted by Gasteiger charge is 2.02. The maximum Gasteiger partial charge on any atom is 0.122 e. The molecule has 0 spiro atoms. The largest absolute Gasteiger partial charge is 0.489 e. The van der Waals surface area contributed by atoms with E-state index in [-0.39, 0.29) is 0 Å². The normalized spacial score (nSPS) is 10.4. The summed E-state index contributed by atoms with van der Waals surface area (Å²) in [6, 6.07) is 16.6. The van der Waals surface area contributed by atoms with E-state index in [0.29, 0.717) is 6.61 Å². The molecule has 0 fully saturated rings. The molecule has 2 rings (SSSR count). The van der Waals surface area contributed by atoms with Crippen LogP contribution in [0.4, 0.5) is 0 Å². The van der Waals surface area contributed by atoms with E-state index in [4.69, 9.17) is 10.5 Å². The molecule has 2 aromatic rings. The molecule has 0 amide bonds. The summed E-state index contributed by atoms with van der Waals surface area (Å²) >= 11 is 0. The fraction of sp³-hybridized carbons (Fsp3) is 0.294. The first-order valence-corrected chi connectivity index (χ1v) is 6.76. The third kappa shape index (κ3) is 4.11. The third-order valence-electron chi connectivity index (χ3n) is 3.15. The van der Waals surface area contributed by atoms with Crippen LogP contribution in [0.15, 0.2) is 48.5 Å². The number of ether oxygens (including phenoxy) is 1. The minimum Gasteiger partial charge on any atom is -0.489 e. The maximum atomic E-state index is 5.86. The van der Waals surface area contributed by atoms with Crippen LogP contribution >= 0.6 is 0 Å². The molecule has 0 bridgehead atoms. The van der Waals surface area contributed by atoms with Crippen molar-refractivity contribution in [3.8, 4) is 5.75 Å². The van der Waals surface area contributed by atoms with Gasteiger partial charge in [-0.2, -0.15) is 0 Å². The lowest BCUT2D eigenvalue weighted by atomic mass is 10.1. The lowest BCUT2D eigenvalue weighted by Gasteiger charge is -2.10. The molecule has 0 saturated carbocycles. The van der Waals surface area contributed by atoms with E-state index in [1.54, 1.807) is 0 Å². The Labute approximate surface area is 115 Å². The van der Waals surface area contributed by atoms with Crippen LogP contribution in [0.3, 0.4) is 0 Å². The Morgan fingerprint density at radius 1 is 1.00 bits per heavy atom. The highest BCUT2D eigenvalue weighted by atomic mass is 16.5. The van der Waals surface area contributed by atoms with Gasteiger partial charge in [0.1, 0.15) is 12.4 Å². The molecule has 0 aliphatic carbocycles. The van der Waals surface area contributed by atoms with Crippen LogP contribution in [0.25, 0.3) is 0 Å². The Bertz CT molecular complexity index is 508. The SMILES string of the molecule is Cc1cc(CCCN)ccc1OCc1ccccc1. The number of nitrogens with two attached hydrogens (primary N) is 1. The number of hydrogen-bond acceptors (Lipinski definition) is 2. The first kappa shape index (κ1) is 13.6. The minimum atomic E-state index is 0.615. The number of hydrogen-bond donors (Lipinski definition) is 1. The van der Waals surface area contributed by atoms with Gasteiger partial charge in [-0.25, -0.2) is 0 Å². The molecule has 2 N–H and O–H groups in total. The number of aryl methyl sites for hydroxylation is 2. The van der Waals surface area contributed by atoms with Gasteiger partial charge in [0.15, 0.2) is 0 Å². The van der Waals surface area contributed by atoms with Gasteiger partial charge < -0.3 is 10.5 Å². The summed E-state index contributed by atoms with van der Waals surface area (Å²) in [6.07, 6.45) is 2.07. The van der Waals surface area contributed by atoms with Gasteiger partial charge in [0.25, 0.3) is 0 Å². The van der Waals surface area contributed by atoms with Crippen molar-refractivity contribution in [2.75, 3.05) is 6.54 Å². The summed E-state index contributed by atoms with van der Waals surface area (Å²) in [5.74, 6) is 0.959. The van der Waals surface area contributed by atoms with E-state index in [1.165, 1.54) is 16.7 Å². The molecule has 19 heavy (non-hydrogen) atoms. The van der Waals surface area contributed by atoms with Crippen molar-refractivity contribution in [1.82, 2.24) is 0 Å². The van der Waals surface area contributed by atoms with Gasteiger partial charge >= 0.3 is 0 Å². The zero-order valence-corrected chi connectivity index (χ0v) is 11.4. The highest BCUT2D eigenvalue weighted by molar-refractivity contribution is 5.36. The molecule has 2 heteroatoms. The molecular weight excluding hydrogens is 234 g/mol. The zero-order valence-electron chi connectivity index (χ0n) is 11.4. The van der Waals surface area contributed by atoms with E-state index >= 15 is 0 Å². The second-order valence-electron chi connectivity index (χ2n) is 4.77. The van der Waals surface area contributed by atoms with Crippen LogP contribution in [0, 0.1) is 6.92 Å². The monoisotopic (exact) mass is 255 g/mol. The summed E-state index contributed by atoms with van der Waals surface area (Å²) in [5, 5.41) is 0. The summed E-state index contributed by atoms with van der Waals surface area (Å²) in [7, 11) is 0. The quantitative estimate of drug-likeness (QED) is 0.858. The molecule has 0 aromatic heterocycles. The van der Waals surface area contributed by atoms with Gasteiger partial charge in [0.2, 0.25) is 0 Å². The maximum absolute atomic E-state index is 5.86. The molecule has 0 atom stereocenters. The molecular formula is C17H21NO. The second kappa shape index (κ2) is 6.95. The van der Waals surface area contributed by atoms with Gasteiger partial charge in [-0.15, -0.1) is 0 Å². The molecule has 0 aliphatic heterocycles.